The quantitative estimate of drug-likeness (QED) is 0.364. The molecule has 3 aromatic rings. The molecule has 3 rings (SSSR count). The first-order valence-corrected chi connectivity index (χ1v) is 12.1. The number of amides is 2. The van der Waals surface area contributed by atoms with Crippen molar-refractivity contribution in [2.75, 3.05) is 39.1 Å². The van der Waals surface area contributed by atoms with Crippen molar-refractivity contribution in [1.82, 2.24) is 0 Å². The summed E-state index contributed by atoms with van der Waals surface area (Å²) in [6, 6.07) is 17.8. The molecule has 0 unspecified atom stereocenters. The van der Waals surface area contributed by atoms with Gasteiger partial charge < -0.3 is 29.6 Å². The van der Waals surface area contributed by atoms with Crippen molar-refractivity contribution in [3.8, 4) is 23.0 Å². The molecule has 0 saturated heterocycles. The molecular weight excluding hydrogens is 484 g/mol. The Morgan fingerprint density at radius 3 is 1.03 bits per heavy atom. The third kappa shape index (κ3) is 6.19. The molecule has 0 saturated carbocycles. The van der Waals surface area contributed by atoms with Gasteiger partial charge in [0.1, 0.15) is 23.0 Å². The van der Waals surface area contributed by atoms with Crippen molar-refractivity contribution in [2.45, 2.75) is 38.5 Å². The highest BCUT2D eigenvalue weighted by molar-refractivity contribution is 6.00. The van der Waals surface area contributed by atoms with Gasteiger partial charge in [-0.15, -0.1) is 0 Å². The monoisotopic (exact) mass is 520 g/mol. The van der Waals surface area contributed by atoms with Gasteiger partial charge in [0.15, 0.2) is 0 Å². The molecule has 202 valence electrons. The van der Waals surface area contributed by atoms with Crippen LogP contribution in [0.25, 0.3) is 0 Å². The van der Waals surface area contributed by atoms with Gasteiger partial charge in [-0.25, -0.2) is 0 Å². The molecule has 0 fully saturated rings. The number of hydrogen-bond acceptors (Lipinski definition) is 6. The molecule has 0 aliphatic rings. The number of methoxy groups -OCH3 is 4. The summed E-state index contributed by atoms with van der Waals surface area (Å²) in [6.45, 7) is 7.34. The highest BCUT2D eigenvalue weighted by Crippen LogP contribution is 2.34. The SMILES string of the molecule is COc1cc(OC)cc(C(C)(C)C(=O)Nc2ccc(NC(=O)C(C)(C)c3cc(OC)cc(OC)c3)cc2)c1. The average molecular weight is 521 g/mol. The number of carbonyl (C=O) groups excluding carboxylic acids is 2. The predicted octanol–water partition coefficient (Wildman–Crippen LogP) is 5.55. The number of carbonyl (C=O) groups is 2. The molecule has 0 radical (unpaired) electrons. The minimum absolute atomic E-state index is 0.197. The van der Waals surface area contributed by atoms with Crippen LogP contribution in [0, 0.1) is 0 Å². The van der Waals surface area contributed by atoms with Crippen molar-refractivity contribution in [2.24, 2.45) is 0 Å². The number of anilines is 2. The number of hydrogen-bond donors (Lipinski definition) is 2. The van der Waals surface area contributed by atoms with Gasteiger partial charge in [-0.05, 0) is 87.4 Å². The van der Waals surface area contributed by atoms with Gasteiger partial charge in [0, 0.05) is 23.5 Å². The summed E-state index contributed by atoms with van der Waals surface area (Å²) in [5.41, 5.74) is 0.992. The van der Waals surface area contributed by atoms with E-state index >= 15 is 0 Å². The topological polar surface area (TPSA) is 95.1 Å². The fraction of sp³-hybridized carbons (Fsp3) is 0.333. The zero-order chi connectivity index (χ0) is 28.1. The van der Waals surface area contributed by atoms with Crippen LogP contribution in [0.5, 0.6) is 23.0 Å². The normalized spacial score (nSPS) is 11.4. The number of benzene rings is 3. The summed E-state index contributed by atoms with van der Waals surface area (Å²) in [4.78, 5) is 26.4. The van der Waals surface area contributed by atoms with Crippen molar-refractivity contribution in [1.29, 1.82) is 0 Å². The Hall–Kier alpha value is -4.20. The molecule has 2 amide bonds. The van der Waals surface area contributed by atoms with Crippen LogP contribution >= 0.6 is 0 Å². The zero-order valence-electron chi connectivity index (χ0n) is 23.2. The molecule has 0 aliphatic heterocycles. The van der Waals surface area contributed by atoms with Gasteiger partial charge in [-0.1, -0.05) is 0 Å². The molecule has 0 heterocycles. The van der Waals surface area contributed by atoms with Gasteiger partial charge in [0.2, 0.25) is 11.8 Å². The second kappa shape index (κ2) is 11.5. The molecule has 0 spiro atoms. The van der Waals surface area contributed by atoms with E-state index in [-0.39, 0.29) is 11.8 Å². The smallest absolute Gasteiger partial charge is 0.234 e. The van der Waals surface area contributed by atoms with Crippen LogP contribution in [-0.2, 0) is 20.4 Å². The highest BCUT2D eigenvalue weighted by atomic mass is 16.5. The van der Waals surface area contributed by atoms with Crippen LogP contribution < -0.4 is 29.6 Å². The summed E-state index contributed by atoms with van der Waals surface area (Å²) >= 11 is 0. The number of nitrogens with one attached hydrogen (secondary N) is 2. The standard InChI is InChI=1S/C30H36N2O6/c1-29(2,19-13-23(35-5)17-24(14-19)36-6)27(33)31-21-9-11-22(12-10-21)32-28(34)30(3,4)20-15-25(37-7)18-26(16-20)38-8/h9-18H,1-8H3,(H,31,33)(H,32,34). The van der Waals surface area contributed by atoms with Crippen molar-refractivity contribution >= 4 is 23.2 Å². The Bertz CT molecular complexity index is 1150. The van der Waals surface area contributed by atoms with Crippen LogP contribution in [-0.4, -0.2) is 40.3 Å². The summed E-state index contributed by atoms with van der Waals surface area (Å²) in [5.74, 6) is 2.04. The third-order valence-corrected chi connectivity index (χ3v) is 6.68. The second-order valence-corrected chi connectivity index (χ2v) is 9.94. The van der Waals surface area contributed by atoms with E-state index in [1.807, 2.05) is 52.0 Å². The highest BCUT2D eigenvalue weighted by Gasteiger charge is 2.32. The van der Waals surface area contributed by atoms with Gasteiger partial charge in [0.05, 0.1) is 39.3 Å². The Balaban J connectivity index is 1.73. The molecule has 8 heteroatoms. The fourth-order valence-corrected chi connectivity index (χ4v) is 3.81. The van der Waals surface area contributed by atoms with Gasteiger partial charge in [0.25, 0.3) is 0 Å². The Kier molecular flexibility index (Phi) is 8.56. The predicted molar refractivity (Wildman–Crippen MR) is 149 cm³/mol. The van der Waals surface area contributed by atoms with Crippen LogP contribution in [0.15, 0.2) is 60.7 Å². The minimum Gasteiger partial charge on any atom is -0.497 e. The fourth-order valence-electron chi connectivity index (χ4n) is 3.81. The lowest BCUT2D eigenvalue weighted by Crippen LogP contribution is -2.35. The molecule has 0 atom stereocenters. The first kappa shape index (κ1) is 28.4. The maximum atomic E-state index is 13.2. The van der Waals surface area contributed by atoms with Crippen LogP contribution in [0.3, 0.4) is 0 Å². The van der Waals surface area contributed by atoms with Crippen molar-refractivity contribution in [3.63, 3.8) is 0 Å². The average Bonchev–Trinajstić information content (AvgIpc) is 2.93. The van der Waals surface area contributed by atoms with Crippen LogP contribution in [0.2, 0.25) is 0 Å². The lowest BCUT2D eigenvalue weighted by Gasteiger charge is -2.26. The first-order valence-electron chi connectivity index (χ1n) is 12.1. The zero-order valence-corrected chi connectivity index (χ0v) is 23.2. The number of rotatable bonds is 10. The summed E-state index contributed by atoms with van der Waals surface area (Å²) < 4.78 is 21.4. The van der Waals surface area contributed by atoms with Crippen LogP contribution in [0.4, 0.5) is 11.4 Å². The van der Waals surface area contributed by atoms with E-state index in [4.69, 9.17) is 18.9 Å². The van der Waals surface area contributed by atoms with E-state index in [2.05, 4.69) is 10.6 Å². The molecule has 0 bridgehead atoms. The van der Waals surface area contributed by atoms with E-state index in [1.54, 1.807) is 64.8 Å². The molecule has 8 nitrogen and oxygen atoms in total. The Morgan fingerprint density at radius 2 is 0.789 bits per heavy atom. The lowest BCUT2D eigenvalue weighted by atomic mass is 9.83. The lowest BCUT2D eigenvalue weighted by molar-refractivity contribution is -0.121. The summed E-state index contributed by atoms with van der Waals surface area (Å²) in [5, 5.41) is 5.91. The molecule has 38 heavy (non-hydrogen) atoms. The Labute approximate surface area is 224 Å². The molecule has 3 aromatic carbocycles. The van der Waals surface area contributed by atoms with E-state index < -0.39 is 10.8 Å². The maximum Gasteiger partial charge on any atom is 0.234 e. The summed E-state index contributed by atoms with van der Waals surface area (Å²) in [6.07, 6.45) is 0. The van der Waals surface area contributed by atoms with Gasteiger partial charge in [-0.2, -0.15) is 0 Å². The van der Waals surface area contributed by atoms with Gasteiger partial charge >= 0.3 is 0 Å². The summed E-state index contributed by atoms with van der Waals surface area (Å²) in [7, 11) is 6.28. The molecule has 2 N–H and O–H groups in total. The largest absolute Gasteiger partial charge is 0.497 e. The number of ether oxygens (including phenoxy) is 4. The molecular formula is C30H36N2O6. The maximum absolute atomic E-state index is 13.2. The van der Waals surface area contributed by atoms with E-state index in [0.29, 0.717) is 34.4 Å². The minimum atomic E-state index is -0.865. The van der Waals surface area contributed by atoms with E-state index in [0.717, 1.165) is 11.1 Å². The second-order valence-electron chi connectivity index (χ2n) is 9.94. The first-order chi connectivity index (χ1) is 17.9. The molecule has 0 aromatic heterocycles. The van der Waals surface area contributed by atoms with Gasteiger partial charge in [-0.3, -0.25) is 9.59 Å². The molecule has 0 aliphatic carbocycles. The van der Waals surface area contributed by atoms with Crippen LogP contribution in [0.1, 0.15) is 38.8 Å². The van der Waals surface area contributed by atoms with Crippen molar-refractivity contribution < 1.29 is 28.5 Å². The van der Waals surface area contributed by atoms with E-state index in [9.17, 15) is 9.59 Å². The van der Waals surface area contributed by atoms with E-state index in [1.165, 1.54) is 0 Å². The Morgan fingerprint density at radius 1 is 0.526 bits per heavy atom. The third-order valence-electron chi connectivity index (χ3n) is 6.68. The van der Waals surface area contributed by atoms with Crippen molar-refractivity contribution in [3.05, 3.63) is 71.8 Å².